The lowest BCUT2D eigenvalue weighted by molar-refractivity contribution is 0.145. The maximum Gasteiger partial charge on any atom is 0.191 e. The first-order chi connectivity index (χ1) is 10.4. The number of hydrogen-bond donors (Lipinski definition) is 2. The number of nitrogens with one attached hydrogen (secondary N) is 2. The molecular weight excluding hydrogens is 393 g/mol. The predicted molar refractivity (Wildman–Crippen MR) is 100.0 cm³/mol. The van der Waals surface area contributed by atoms with Gasteiger partial charge in [-0.25, -0.2) is 0 Å². The smallest absolute Gasteiger partial charge is 0.191 e. The van der Waals surface area contributed by atoms with Crippen LogP contribution in [-0.2, 0) is 11.2 Å². The lowest BCUT2D eigenvalue weighted by Crippen LogP contribution is -2.39. The van der Waals surface area contributed by atoms with Gasteiger partial charge in [0.25, 0.3) is 0 Å². The molecule has 126 valence electrons. The predicted octanol–water partition coefficient (Wildman–Crippen LogP) is 2.81. The summed E-state index contributed by atoms with van der Waals surface area (Å²) in [5, 5.41) is 6.74. The summed E-state index contributed by atoms with van der Waals surface area (Å²) in [4.78, 5) is 4.65. The first kappa shape index (κ1) is 19.3. The maximum absolute atomic E-state index is 5.34. The highest BCUT2D eigenvalue weighted by Crippen LogP contribution is 2.28. The van der Waals surface area contributed by atoms with Gasteiger partial charge in [-0.05, 0) is 44.2 Å². The van der Waals surface area contributed by atoms with Crippen LogP contribution in [0.2, 0.25) is 0 Å². The van der Waals surface area contributed by atoms with E-state index < -0.39 is 0 Å². The molecule has 0 aliphatic heterocycles. The molecule has 5 nitrogen and oxygen atoms in total. The highest BCUT2D eigenvalue weighted by atomic mass is 127. The van der Waals surface area contributed by atoms with Crippen molar-refractivity contribution in [3.8, 4) is 0 Å². The summed E-state index contributed by atoms with van der Waals surface area (Å²) in [5.41, 5.74) is 0. The molecule has 0 unspecified atom stereocenters. The average Bonchev–Trinajstić information content (AvgIpc) is 3.18. The van der Waals surface area contributed by atoms with Crippen LogP contribution in [0.3, 0.4) is 0 Å². The number of furan rings is 1. The van der Waals surface area contributed by atoms with Gasteiger partial charge in [0.1, 0.15) is 5.76 Å². The quantitative estimate of drug-likeness (QED) is 0.264. The van der Waals surface area contributed by atoms with Crippen LogP contribution in [0.15, 0.2) is 27.8 Å². The van der Waals surface area contributed by atoms with Gasteiger partial charge < -0.3 is 19.8 Å². The van der Waals surface area contributed by atoms with E-state index in [1.165, 1.54) is 12.8 Å². The molecule has 0 bridgehead atoms. The van der Waals surface area contributed by atoms with Gasteiger partial charge in [-0.2, -0.15) is 0 Å². The van der Waals surface area contributed by atoms with E-state index in [4.69, 9.17) is 9.15 Å². The minimum Gasteiger partial charge on any atom is -0.469 e. The fourth-order valence-corrected chi connectivity index (χ4v) is 1.98. The molecule has 1 saturated carbocycles. The Morgan fingerprint density at radius 3 is 2.86 bits per heavy atom. The van der Waals surface area contributed by atoms with Crippen LogP contribution < -0.4 is 10.6 Å². The van der Waals surface area contributed by atoms with Gasteiger partial charge >= 0.3 is 0 Å². The monoisotopic (exact) mass is 421 g/mol. The van der Waals surface area contributed by atoms with Gasteiger partial charge in [0.2, 0.25) is 0 Å². The van der Waals surface area contributed by atoms with E-state index in [0.717, 1.165) is 63.3 Å². The summed E-state index contributed by atoms with van der Waals surface area (Å²) < 4.78 is 10.7. The Bertz CT molecular complexity index is 406. The van der Waals surface area contributed by atoms with E-state index in [2.05, 4.69) is 15.6 Å². The minimum atomic E-state index is 0. The molecule has 6 heteroatoms. The number of rotatable bonds is 10. The standard InChI is InChI=1S/C16H27N3O2.HI/c1-2-20-11-4-9-17-16(19-13-14-6-7-14)18-10-8-15-5-3-12-21-15;/h3,5,12,14H,2,4,6-11,13H2,1H3,(H2,17,18,19);1H. The zero-order chi connectivity index (χ0) is 14.8. The van der Waals surface area contributed by atoms with Gasteiger partial charge in [0, 0.05) is 39.3 Å². The molecule has 1 aromatic rings. The molecule has 2 rings (SSSR count). The molecule has 0 aromatic carbocycles. The van der Waals surface area contributed by atoms with Gasteiger partial charge in [-0.15, -0.1) is 24.0 Å². The second-order valence-electron chi connectivity index (χ2n) is 5.37. The molecule has 0 saturated heterocycles. The summed E-state index contributed by atoms with van der Waals surface area (Å²) in [6, 6.07) is 3.92. The Kier molecular flexibility index (Phi) is 10.3. The van der Waals surface area contributed by atoms with Gasteiger partial charge in [0.15, 0.2) is 5.96 Å². The number of aliphatic imine (C=N–C) groups is 1. The Hall–Kier alpha value is -0.760. The fraction of sp³-hybridized carbons (Fsp3) is 0.688. The Balaban J connectivity index is 0.00000242. The summed E-state index contributed by atoms with van der Waals surface area (Å²) in [6.07, 6.45) is 6.23. The molecule has 1 fully saturated rings. The van der Waals surface area contributed by atoms with Crippen LogP contribution >= 0.6 is 24.0 Å². The van der Waals surface area contributed by atoms with Crippen molar-refractivity contribution in [2.45, 2.75) is 32.6 Å². The van der Waals surface area contributed by atoms with Crippen LogP contribution in [0.5, 0.6) is 0 Å². The average molecular weight is 421 g/mol. The van der Waals surface area contributed by atoms with Crippen LogP contribution in [-0.4, -0.2) is 38.8 Å². The third kappa shape index (κ3) is 8.63. The molecule has 0 atom stereocenters. The van der Waals surface area contributed by atoms with E-state index in [-0.39, 0.29) is 24.0 Å². The van der Waals surface area contributed by atoms with E-state index in [1.54, 1.807) is 6.26 Å². The minimum absolute atomic E-state index is 0. The Morgan fingerprint density at radius 1 is 1.36 bits per heavy atom. The van der Waals surface area contributed by atoms with Crippen molar-refractivity contribution >= 4 is 29.9 Å². The lowest BCUT2D eigenvalue weighted by Gasteiger charge is -2.12. The Morgan fingerprint density at radius 2 is 2.18 bits per heavy atom. The third-order valence-electron chi connectivity index (χ3n) is 3.41. The molecule has 22 heavy (non-hydrogen) atoms. The molecule has 1 aliphatic rings. The molecule has 0 radical (unpaired) electrons. The van der Waals surface area contributed by atoms with Crippen molar-refractivity contribution in [2.75, 3.05) is 32.8 Å². The summed E-state index contributed by atoms with van der Waals surface area (Å²) >= 11 is 0. The van der Waals surface area contributed by atoms with Crippen LogP contribution in [0.25, 0.3) is 0 Å². The van der Waals surface area contributed by atoms with Gasteiger partial charge in [-0.3, -0.25) is 4.99 Å². The molecule has 1 aromatic heterocycles. The molecule has 0 spiro atoms. The third-order valence-corrected chi connectivity index (χ3v) is 3.41. The number of hydrogen-bond acceptors (Lipinski definition) is 3. The van der Waals surface area contributed by atoms with Crippen molar-refractivity contribution in [1.29, 1.82) is 0 Å². The van der Waals surface area contributed by atoms with Crippen LogP contribution in [0, 0.1) is 5.92 Å². The van der Waals surface area contributed by atoms with Crippen molar-refractivity contribution in [3.63, 3.8) is 0 Å². The largest absolute Gasteiger partial charge is 0.469 e. The number of ether oxygens (including phenoxy) is 1. The van der Waals surface area contributed by atoms with Crippen molar-refractivity contribution in [1.82, 2.24) is 10.6 Å². The summed E-state index contributed by atoms with van der Waals surface area (Å²) in [7, 11) is 0. The molecule has 0 amide bonds. The summed E-state index contributed by atoms with van der Waals surface area (Å²) in [6.45, 7) is 6.25. The zero-order valence-electron chi connectivity index (χ0n) is 13.3. The van der Waals surface area contributed by atoms with Crippen molar-refractivity contribution in [3.05, 3.63) is 24.2 Å². The number of halogens is 1. The number of nitrogens with zero attached hydrogens (tertiary/aromatic N) is 1. The summed E-state index contributed by atoms with van der Waals surface area (Å²) in [5.74, 6) is 2.71. The Labute approximate surface area is 150 Å². The highest BCUT2D eigenvalue weighted by Gasteiger charge is 2.20. The second-order valence-corrected chi connectivity index (χ2v) is 5.37. The van der Waals surface area contributed by atoms with E-state index in [9.17, 15) is 0 Å². The molecular formula is C16H28IN3O2. The van der Waals surface area contributed by atoms with Crippen molar-refractivity contribution in [2.24, 2.45) is 10.9 Å². The van der Waals surface area contributed by atoms with E-state index >= 15 is 0 Å². The van der Waals surface area contributed by atoms with Gasteiger partial charge in [0.05, 0.1) is 6.26 Å². The van der Waals surface area contributed by atoms with E-state index in [0.29, 0.717) is 0 Å². The number of guanidine groups is 1. The molecule has 2 N–H and O–H groups in total. The van der Waals surface area contributed by atoms with Crippen molar-refractivity contribution < 1.29 is 9.15 Å². The van der Waals surface area contributed by atoms with Crippen LogP contribution in [0.1, 0.15) is 31.9 Å². The first-order valence-corrected chi connectivity index (χ1v) is 8.00. The first-order valence-electron chi connectivity index (χ1n) is 8.00. The molecule has 1 aliphatic carbocycles. The SMILES string of the molecule is CCOCCCNC(=NCC1CC1)NCCc1ccco1.I. The van der Waals surface area contributed by atoms with E-state index in [1.807, 2.05) is 19.1 Å². The highest BCUT2D eigenvalue weighted by molar-refractivity contribution is 14.0. The van der Waals surface area contributed by atoms with Gasteiger partial charge in [-0.1, -0.05) is 0 Å². The fourth-order valence-electron chi connectivity index (χ4n) is 1.98. The van der Waals surface area contributed by atoms with Crippen LogP contribution in [0.4, 0.5) is 0 Å². The normalized spacial score (nSPS) is 14.5. The zero-order valence-corrected chi connectivity index (χ0v) is 15.7. The lowest BCUT2D eigenvalue weighted by atomic mass is 10.3. The topological polar surface area (TPSA) is 58.8 Å². The second kappa shape index (κ2) is 11.8. The molecule has 1 heterocycles. The maximum atomic E-state index is 5.34.